The lowest BCUT2D eigenvalue weighted by Gasteiger charge is -2.19. The topological polar surface area (TPSA) is 50.4 Å². The molecule has 0 radical (unpaired) electrons. The van der Waals surface area contributed by atoms with E-state index in [-0.39, 0.29) is 11.9 Å². The van der Waals surface area contributed by atoms with Crippen molar-refractivity contribution >= 4 is 11.6 Å². The Labute approximate surface area is 130 Å². The molecule has 1 aliphatic carbocycles. The SMILES string of the molecule is COc1cccc(NC(=O)[C@@H](NC2CC2)c2ccccc2)c1. The van der Waals surface area contributed by atoms with Crippen LogP contribution >= 0.6 is 0 Å². The summed E-state index contributed by atoms with van der Waals surface area (Å²) in [4.78, 5) is 12.7. The molecule has 2 aromatic carbocycles. The molecule has 1 amide bonds. The van der Waals surface area contributed by atoms with Crippen molar-refractivity contribution in [1.82, 2.24) is 5.32 Å². The van der Waals surface area contributed by atoms with Crippen LogP contribution in [0, 0.1) is 0 Å². The smallest absolute Gasteiger partial charge is 0.246 e. The maximum Gasteiger partial charge on any atom is 0.246 e. The molecule has 2 N–H and O–H groups in total. The minimum absolute atomic E-state index is 0.0497. The van der Waals surface area contributed by atoms with Gasteiger partial charge in [0.2, 0.25) is 5.91 Å². The first-order valence-electron chi connectivity index (χ1n) is 7.52. The van der Waals surface area contributed by atoms with Crippen molar-refractivity contribution in [2.24, 2.45) is 0 Å². The van der Waals surface area contributed by atoms with Crippen molar-refractivity contribution < 1.29 is 9.53 Å². The Morgan fingerprint density at radius 1 is 1.14 bits per heavy atom. The molecule has 1 aliphatic rings. The zero-order valence-corrected chi connectivity index (χ0v) is 12.6. The highest BCUT2D eigenvalue weighted by atomic mass is 16.5. The third-order valence-electron chi connectivity index (χ3n) is 3.71. The second-order valence-corrected chi connectivity index (χ2v) is 5.51. The van der Waals surface area contributed by atoms with Gasteiger partial charge >= 0.3 is 0 Å². The van der Waals surface area contributed by atoms with E-state index in [2.05, 4.69) is 10.6 Å². The van der Waals surface area contributed by atoms with E-state index in [1.165, 1.54) is 0 Å². The fraction of sp³-hybridized carbons (Fsp3) is 0.278. The summed E-state index contributed by atoms with van der Waals surface area (Å²) in [6.07, 6.45) is 2.27. The largest absolute Gasteiger partial charge is 0.497 e. The quantitative estimate of drug-likeness (QED) is 0.861. The van der Waals surface area contributed by atoms with E-state index in [1.54, 1.807) is 7.11 Å². The van der Waals surface area contributed by atoms with Gasteiger partial charge in [-0.2, -0.15) is 0 Å². The van der Waals surface area contributed by atoms with Crippen molar-refractivity contribution in [2.45, 2.75) is 24.9 Å². The Hall–Kier alpha value is -2.33. The van der Waals surface area contributed by atoms with E-state index in [4.69, 9.17) is 4.74 Å². The van der Waals surface area contributed by atoms with Crippen LogP contribution in [-0.2, 0) is 4.79 Å². The number of nitrogens with one attached hydrogen (secondary N) is 2. The lowest BCUT2D eigenvalue weighted by Crippen LogP contribution is -2.34. The number of rotatable bonds is 6. The molecular weight excluding hydrogens is 276 g/mol. The highest BCUT2D eigenvalue weighted by Crippen LogP contribution is 2.25. The van der Waals surface area contributed by atoms with Gasteiger partial charge in [-0.1, -0.05) is 36.4 Å². The molecule has 3 rings (SSSR count). The van der Waals surface area contributed by atoms with Crippen LogP contribution in [0.3, 0.4) is 0 Å². The van der Waals surface area contributed by atoms with Gasteiger partial charge in [-0.15, -0.1) is 0 Å². The predicted molar refractivity (Wildman–Crippen MR) is 87.0 cm³/mol. The van der Waals surface area contributed by atoms with Crippen molar-refractivity contribution in [3.8, 4) is 5.75 Å². The average molecular weight is 296 g/mol. The lowest BCUT2D eigenvalue weighted by atomic mass is 10.1. The molecule has 0 aromatic heterocycles. The van der Waals surface area contributed by atoms with Crippen molar-refractivity contribution in [1.29, 1.82) is 0 Å². The number of carbonyl (C=O) groups is 1. The Balaban J connectivity index is 1.76. The number of carbonyl (C=O) groups excluding carboxylic acids is 1. The summed E-state index contributed by atoms with van der Waals surface area (Å²) in [6, 6.07) is 17.3. The predicted octanol–water partition coefficient (Wildman–Crippen LogP) is 3.13. The first-order chi connectivity index (χ1) is 10.8. The summed E-state index contributed by atoms with van der Waals surface area (Å²) < 4.78 is 5.19. The maximum atomic E-state index is 12.7. The fourth-order valence-electron chi connectivity index (χ4n) is 2.37. The van der Waals surface area contributed by atoms with E-state index >= 15 is 0 Å². The minimum atomic E-state index is -0.333. The monoisotopic (exact) mass is 296 g/mol. The van der Waals surface area contributed by atoms with Gasteiger partial charge in [-0.3, -0.25) is 10.1 Å². The molecule has 0 spiro atoms. The standard InChI is InChI=1S/C18H20N2O2/c1-22-16-9-5-8-15(12-16)20-18(21)17(19-14-10-11-14)13-6-3-2-4-7-13/h2-9,12,14,17,19H,10-11H2,1H3,(H,20,21)/t17-/m0/s1. The third kappa shape index (κ3) is 3.65. The highest BCUT2D eigenvalue weighted by Gasteiger charge is 2.29. The van der Waals surface area contributed by atoms with E-state index in [0.717, 1.165) is 29.8 Å². The van der Waals surface area contributed by atoms with Crippen LogP contribution in [0.4, 0.5) is 5.69 Å². The number of ether oxygens (including phenoxy) is 1. The van der Waals surface area contributed by atoms with Gasteiger partial charge in [0.25, 0.3) is 0 Å². The molecule has 0 unspecified atom stereocenters. The zero-order chi connectivity index (χ0) is 15.4. The molecular formula is C18H20N2O2. The lowest BCUT2D eigenvalue weighted by molar-refractivity contribution is -0.118. The molecule has 1 saturated carbocycles. The number of anilines is 1. The van der Waals surface area contributed by atoms with Crippen LogP contribution in [0.5, 0.6) is 5.75 Å². The summed E-state index contributed by atoms with van der Waals surface area (Å²) in [5.41, 5.74) is 1.72. The van der Waals surface area contributed by atoms with Crippen molar-refractivity contribution in [2.75, 3.05) is 12.4 Å². The Bertz CT molecular complexity index is 639. The van der Waals surface area contributed by atoms with Gasteiger partial charge in [-0.25, -0.2) is 0 Å². The molecule has 114 valence electrons. The summed E-state index contributed by atoms with van der Waals surface area (Å²) in [6.45, 7) is 0. The van der Waals surface area contributed by atoms with Crippen LogP contribution < -0.4 is 15.4 Å². The van der Waals surface area contributed by atoms with Crippen LogP contribution in [0.25, 0.3) is 0 Å². The van der Waals surface area contributed by atoms with Crippen molar-refractivity contribution in [3.63, 3.8) is 0 Å². The Morgan fingerprint density at radius 2 is 1.91 bits per heavy atom. The number of amides is 1. The molecule has 2 aromatic rings. The molecule has 0 heterocycles. The maximum absolute atomic E-state index is 12.7. The normalized spacial score (nSPS) is 15.1. The second-order valence-electron chi connectivity index (χ2n) is 5.51. The van der Waals surface area contributed by atoms with Crippen LogP contribution in [0.15, 0.2) is 54.6 Å². The molecule has 4 heteroatoms. The van der Waals surface area contributed by atoms with E-state index < -0.39 is 0 Å². The van der Waals surface area contributed by atoms with Gasteiger partial charge in [0.05, 0.1) is 7.11 Å². The number of methoxy groups -OCH3 is 1. The summed E-state index contributed by atoms with van der Waals surface area (Å²) in [5, 5.41) is 6.38. The first-order valence-corrected chi connectivity index (χ1v) is 7.52. The summed E-state index contributed by atoms with van der Waals surface area (Å²) in [5.74, 6) is 0.676. The first kappa shape index (κ1) is 14.6. The van der Waals surface area contributed by atoms with Gasteiger partial charge < -0.3 is 10.1 Å². The Morgan fingerprint density at radius 3 is 2.59 bits per heavy atom. The number of hydrogen-bond donors (Lipinski definition) is 2. The zero-order valence-electron chi connectivity index (χ0n) is 12.6. The molecule has 1 atom stereocenters. The number of hydrogen-bond acceptors (Lipinski definition) is 3. The Kier molecular flexibility index (Phi) is 4.39. The second kappa shape index (κ2) is 6.62. The third-order valence-corrected chi connectivity index (χ3v) is 3.71. The van der Waals surface area contributed by atoms with Gasteiger partial charge in [-0.05, 0) is 30.5 Å². The summed E-state index contributed by atoms with van der Waals surface area (Å²) in [7, 11) is 1.61. The fourth-order valence-corrected chi connectivity index (χ4v) is 2.37. The van der Waals surface area contributed by atoms with Gasteiger partial charge in [0.15, 0.2) is 0 Å². The van der Waals surface area contributed by atoms with Gasteiger partial charge in [0.1, 0.15) is 11.8 Å². The van der Waals surface area contributed by atoms with Crippen molar-refractivity contribution in [3.05, 3.63) is 60.2 Å². The number of benzene rings is 2. The van der Waals surface area contributed by atoms with E-state index in [9.17, 15) is 4.79 Å². The molecule has 0 aliphatic heterocycles. The van der Waals surface area contributed by atoms with Crippen LogP contribution in [0.1, 0.15) is 24.4 Å². The molecule has 0 bridgehead atoms. The molecule has 0 saturated heterocycles. The molecule has 1 fully saturated rings. The van der Waals surface area contributed by atoms with Gasteiger partial charge in [0, 0.05) is 17.8 Å². The minimum Gasteiger partial charge on any atom is -0.497 e. The molecule has 4 nitrogen and oxygen atoms in total. The van der Waals surface area contributed by atoms with E-state index in [1.807, 2.05) is 54.6 Å². The average Bonchev–Trinajstić information content (AvgIpc) is 3.37. The summed E-state index contributed by atoms with van der Waals surface area (Å²) >= 11 is 0. The highest BCUT2D eigenvalue weighted by molar-refractivity contribution is 5.95. The van der Waals surface area contributed by atoms with Crippen LogP contribution in [-0.4, -0.2) is 19.1 Å². The van der Waals surface area contributed by atoms with Crippen LogP contribution in [0.2, 0.25) is 0 Å². The molecule has 22 heavy (non-hydrogen) atoms. The van der Waals surface area contributed by atoms with E-state index in [0.29, 0.717) is 6.04 Å².